The van der Waals surface area contributed by atoms with Crippen molar-refractivity contribution in [1.29, 1.82) is 0 Å². The average Bonchev–Trinajstić information content (AvgIpc) is 2.70. The molecule has 1 fully saturated rings. The molecule has 0 bridgehead atoms. The highest BCUT2D eigenvalue weighted by molar-refractivity contribution is 5.92. The minimum atomic E-state index is -0.0370. The van der Waals surface area contributed by atoms with Gasteiger partial charge in [-0.05, 0) is 24.8 Å². The Morgan fingerprint density at radius 3 is 2.56 bits per heavy atom. The topological polar surface area (TPSA) is 57.8 Å². The molecule has 0 spiro atoms. The summed E-state index contributed by atoms with van der Waals surface area (Å²) in [6.07, 6.45) is 7.25. The molecule has 2 rings (SSSR count). The number of H-pyrrole nitrogens is 1. The first-order valence-corrected chi connectivity index (χ1v) is 7.03. The number of nitrogens with one attached hydrogen (secondary N) is 2. The Morgan fingerprint density at radius 2 is 2.00 bits per heavy atom. The lowest BCUT2D eigenvalue weighted by Gasteiger charge is -2.14. The third-order valence-electron chi connectivity index (χ3n) is 3.64. The second kappa shape index (κ2) is 6.03. The highest BCUT2D eigenvalue weighted by Crippen LogP contribution is 2.18. The zero-order valence-electron chi connectivity index (χ0n) is 11.3. The van der Waals surface area contributed by atoms with Gasteiger partial charge in [0.25, 0.3) is 5.91 Å². The monoisotopic (exact) mass is 249 g/mol. The molecule has 0 saturated heterocycles. The van der Waals surface area contributed by atoms with Crippen molar-refractivity contribution in [1.82, 2.24) is 15.5 Å². The summed E-state index contributed by atoms with van der Waals surface area (Å²) in [7, 11) is 0. The van der Waals surface area contributed by atoms with Crippen LogP contribution in [-0.2, 0) is 0 Å². The number of hydrogen-bond donors (Lipinski definition) is 2. The van der Waals surface area contributed by atoms with Crippen LogP contribution in [0.5, 0.6) is 0 Å². The third kappa shape index (κ3) is 3.34. The molecule has 1 saturated carbocycles. The highest BCUT2D eigenvalue weighted by Gasteiger charge is 2.18. The SMILES string of the molecule is CC(C)c1cc(C(=O)NC2CCCCCC2)n[nH]1. The number of carbonyl (C=O) groups is 1. The number of aromatic nitrogens is 2. The van der Waals surface area contributed by atoms with E-state index in [0.717, 1.165) is 18.5 Å². The third-order valence-corrected chi connectivity index (χ3v) is 3.64. The van der Waals surface area contributed by atoms with Crippen LogP contribution in [0, 0.1) is 0 Å². The summed E-state index contributed by atoms with van der Waals surface area (Å²) >= 11 is 0. The lowest BCUT2D eigenvalue weighted by Crippen LogP contribution is -2.34. The Labute approximate surface area is 109 Å². The second-order valence-corrected chi connectivity index (χ2v) is 5.53. The van der Waals surface area contributed by atoms with E-state index in [1.165, 1.54) is 25.7 Å². The van der Waals surface area contributed by atoms with E-state index in [1.807, 2.05) is 6.07 Å². The molecule has 1 amide bonds. The predicted octanol–water partition coefficient (Wildman–Crippen LogP) is 2.99. The van der Waals surface area contributed by atoms with E-state index < -0.39 is 0 Å². The number of carbonyl (C=O) groups excluding carboxylic acids is 1. The van der Waals surface area contributed by atoms with Gasteiger partial charge < -0.3 is 5.32 Å². The van der Waals surface area contributed by atoms with E-state index in [4.69, 9.17) is 0 Å². The van der Waals surface area contributed by atoms with Gasteiger partial charge in [0.1, 0.15) is 5.69 Å². The van der Waals surface area contributed by atoms with Crippen molar-refractivity contribution in [3.63, 3.8) is 0 Å². The molecule has 0 aromatic carbocycles. The smallest absolute Gasteiger partial charge is 0.271 e. The molecule has 1 aliphatic carbocycles. The maximum Gasteiger partial charge on any atom is 0.271 e. The second-order valence-electron chi connectivity index (χ2n) is 5.53. The first-order valence-electron chi connectivity index (χ1n) is 7.03. The standard InChI is InChI=1S/C14H23N3O/c1-10(2)12-9-13(17-16-12)14(18)15-11-7-5-3-4-6-8-11/h9-11H,3-8H2,1-2H3,(H,15,18)(H,16,17). The molecule has 1 heterocycles. The molecule has 4 heteroatoms. The van der Waals surface area contributed by atoms with Gasteiger partial charge in [0.05, 0.1) is 0 Å². The fraction of sp³-hybridized carbons (Fsp3) is 0.714. The van der Waals surface area contributed by atoms with Gasteiger partial charge >= 0.3 is 0 Å². The molecule has 4 nitrogen and oxygen atoms in total. The minimum Gasteiger partial charge on any atom is -0.348 e. The van der Waals surface area contributed by atoms with E-state index in [1.54, 1.807) is 0 Å². The van der Waals surface area contributed by atoms with E-state index >= 15 is 0 Å². The van der Waals surface area contributed by atoms with Crippen molar-refractivity contribution in [2.24, 2.45) is 0 Å². The lowest BCUT2D eigenvalue weighted by atomic mass is 10.1. The molecular formula is C14H23N3O. The molecule has 2 N–H and O–H groups in total. The largest absolute Gasteiger partial charge is 0.348 e. The van der Waals surface area contributed by atoms with Crippen molar-refractivity contribution >= 4 is 5.91 Å². The van der Waals surface area contributed by atoms with Crippen LogP contribution in [0.3, 0.4) is 0 Å². The normalized spacial score (nSPS) is 17.7. The van der Waals surface area contributed by atoms with Crippen LogP contribution in [-0.4, -0.2) is 22.1 Å². The number of rotatable bonds is 3. The van der Waals surface area contributed by atoms with Crippen molar-refractivity contribution in [3.05, 3.63) is 17.5 Å². The van der Waals surface area contributed by atoms with Crippen LogP contribution in [0.25, 0.3) is 0 Å². The number of hydrogen-bond acceptors (Lipinski definition) is 2. The molecule has 1 aliphatic rings. The van der Waals surface area contributed by atoms with Crippen LogP contribution in [0.1, 0.15) is 74.5 Å². The summed E-state index contributed by atoms with van der Waals surface area (Å²) in [4.78, 5) is 12.1. The van der Waals surface area contributed by atoms with Gasteiger partial charge in [0.15, 0.2) is 0 Å². The van der Waals surface area contributed by atoms with Crippen LogP contribution in [0.4, 0.5) is 0 Å². The van der Waals surface area contributed by atoms with Gasteiger partial charge in [-0.15, -0.1) is 0 Å². The van der Waals surface area contributed by atoms with E-state index in [2.05, 4.69) is 29.4 Å². The molecule has 0 radical (unpaired) electrons. The number of aromatic amines is 1. The Morgan fingerprint density at radius 1 is 1.33 bits per heavy atom. The molecule has 1 aromatic heterocycles. The zero-order chi connectivity index (χ0) is 13.0. The molecule has 1 aromatic rings. The van der Waals surface area contributed by atoms with Crippen molar-refractivity contribution < 1.29 is 4.79 Å². The Balaban J connectivity index is 1.93. The summed E-state index contributed by atoms with van der Waals surface area (Å²) in [5, 5.41) is 10.1. The predicted molar refractivity (Wildman–Crippen MR) is 71.6 cm³/mol. The Bertz CT molecular complexity index is 389. The van der Waals surface area contributed by atoms with Crippen molar-refractivity contribution in [3.8, 4) is 0 Å². The van der Waals surface area contributed by atoms with Crippen molar-refractivity contribution in [2.45, 2.75) is 64.3 Å². The fourth-order valence-corrected chi connectivity index (χ4v) is 2.43. The molecule has 18 heavy (non-hydrogen) atoms. The van der Waals surface area contributed by atoms with Gasteiger partial charge in [0, 0.05) is 11.7 Å². The first-order chi connectivity index (χ1) is 8.66. The average molecular weight is 249 g/mol. The van der Waals surface area contributed by atoms with E-state index in [9.17, 15) is 4.79 Å². The van der Waals surface area contributed by atoms with Gasteiger partial charge in [-0.2, -0.15) is 5.10 Å². The summed E-state index contributed by atoms with van der Waals surface area (Å²) in [5.74, 6) is 0.335. The maximum absolute atomic E-state index is 12.1. The Hall–Kier alpha value is -1.32. The van der Waals surface area contributed by atoms with Crippen LogP contribution >= 0.6 is 0 Å². The molecular weight excluding hydrogens is 226 g/mol. The van der Waals surface area contributed by atoms with Crippen LogP contribution in [0.2, 0.25) is 0 Å². The van der Waals surface area contributed by atoms with Gasteiger partial charge in [0.2, 0.25) is 0 Å². The number of amides is 1. The summed E-state index contributed by atoms with van der Waals surface area (Å²) in [6.45, 7) is 4.17. The highest BCUT2D eigenvalue weighted by atomic mass is 16.2. The first kappa shape index (κ1) is 13.1. The summed E-state index contributed by atoms with van der Waals surface area (Å²) in [5.41, 5.74) is 1.53. The molecule has 100 valence electrons. The summed E-state index contributed by atoms with van der Waals surface area (Å²) < 4.78 is 0. The van der Waals surface area contributed by atoms with Crippen LogP contribution < -0.4 is 5.32 Å². The van der Waals surface area contributed by atoms with E-state index in [0.29, 0.717) is 17.7 Å². The molecule has 0 atom stereocenters. The Kier molecular flexibility index (Phi) is 4.39. The molecule has 0 aliphatic heterocycles. The maximum atomic E-state index is 12.1. The van der Waals surface area contributed by atoms with Gasteiger partial charge in [-0.1, -0.05) is 39.5 Å². The van der Waals surface area contributed by atoms with Crippen molar-refractivity contribution in [2.75, 3.05) is 0 Å². The van der Waals surface area contributed by atoms with Crippen LogP contribution in [0.15, 0.2) is 6.07 Å². The number of nitrogens with zero attached hydrogens (tertiary/aromatic N) is 1. The fourth-order valence-electron chi connectivity index (χ4n) is 2.43. The van der Waals surface area contributed by atoms with Gasteiger partial charge in [-0.3, -0.25) is 9.89 Å². The van der Waals surface area contributed by atoms with Gasteiger partial charge in [-0.25, -0.2) is 0 Å². The molecule has 0 unspecified atom stereocenters. The zero-order valence-corrected chi connectivity index (χ0v) is 11.3. The lowest BCUT2D eigenvalue weighted by molar-refractivity contribution is 0.0928. The summed E-state index contributed by atoms with van der Waals surface area (Å²) in [6, 6.07) is 2.19. The minimum absolute atomic E-state index is 0.0370. The quantitative estimate of drug-likeness (QED) is 0.809. The van der Waals surface area contributed by atoms with E-state index in [-0.39, 0.29) is 5.91 Å².